The predicted molar refractivity (Wildman–Crippen MR) is 131 cm³/mol. The maximum atomic E-state index is 14.7. The Morgan fingerprint density at radius 3 is 2.70 bits per heavy atom. The molecule has 3 aromatic heterocycles. The summed E-state index contributed by atoms with van der Waals surface area (Å²) in [5.41, 5.74) is 0.722. The Morgan fingerprint density at radius 2 is 2.00 bits per heavy atom. The lowest BCUT2D eigenvalue weighted by atomic mass is 10.0. The van der Waals surface area contributed by atoms with Crippen molar-refractivity contribution in [3.05, 3.63) is 93.3 Å². The van der Waals surface area contributed by atoms with Gasteiger partial charge in [-0.25, -0.2) is 23.1 Å². The van der Waals surface area contributed by atoms with Crippen molar-refractivity contribution in [3.63, 3.8) is 0 Å². The van der Waals surface area contributed by atoms with Crippen LogP contribution in [0.4, 0.5) is 19.1 Å². The zero-order valence-corrected chi connectivity index (χ0v) is 20.4. The number of hydrogen-bond donors (Lipinski definition) is 1. The van der Waals surface area contributed by atoms with Crippen molar-refractivity contribution >= 4 is 17.5 Å². The fraction of sp³-hybridized carbons (Fsp3) is 0.280. The van der Waals surface area contributed by atoms with Crippen LogP contribution in [0.25, 0.3) is 11.3 Å². The molecule has 3 unspecified atom stereocenters. The molecule has 192 valence electrons. The van der Waals surface area contributed by atoms with Crippen LogP contribution in [0.15, 0.2) is 59.9 Å². The van der Waals surface area contributed by atoms with E-state index in [4.69, 9.17) is 16.3 Å². The van der Waals surface area contributed by atoms with Gasteiger partial charge in [0.25, 0.3) is 5.56 Å². The van der Waals surface area contributed by atoms with Gasteiger partial charge >= 0.3 is 0 Å². The van der Waals surface area contributed by atoms with Gasteiger partial charge in [0.15, 0.2) is 5.82 Å². The Morgan fingerprint density at radius 1 is 1.16 bits per heavy atom. The molecule has 4 aromatic rings. The third kappa shape index (κ3) is 5.23. The highest BCUT2D eigenvalue weighted by atomic mass is 35.5. The summed E-state index contributed by atoms with van der Waals surface area (Å²) in [5, 5.41) is 7.01. The molecule has 37 heavy (non-hydrogen) atoms. The number of nitrogens with one attached hydrogen (secondary N) is 1. The second-order valence-corrected chi connectivity index (χ2v) is 9.11. The fourth-order valence-corrected chi connectivity index (χ4v) is 4.42. The first kappa shape index (κ1) is 25.0. The Bertz CT molecular complexity index is 1490. The molecule has 0 aliphatic carbocycles. The maximum Gasteiger partial charge on any atom is 0.252 e. The van der Waals surface area contributed by atoms with Crippen molar-refractivity contribution in [1.29, 1.82) is 0 Å². The van der Waals surface area contributed by atoms with Gasteiger partial charge in [-0.05, 0) is 30.2 Å². The number of anilines is 1. The minimum Gasteiger partial charge on any atom is -0.378 e. The Kier molecular flexibility index (Phi) is 6.98. The average molecular weight is 531 g/mol. The smallest absolute Gasteiger partial charge is 0.252 e. The summed E-state index contributed by atoms with van der Waals surface area (Å²) in [6.07, 6.45) is 4.90. The summed E-state index contributed by atoms with van der Waals surface area (Å²) in [5.74, 6) is -1.32. The van der Waals surface area contributed by atoms with Gasteiger partial charge in [0, 0.05) is 43.2 Å². The van der Waals surface area contributed by atoms with E-state index in [9.17, 15) is 18.0 Å². The number of hydrogen-bond acceptors (Lipinski definition) is 6. The first-order valence-electron chi connectivity index (χ1n) is 11.5. The van der Waals surface area contributed by atoms with Crippen LogP contribution in [-0.4, -0.2) is 49.7 Å². The van der Waals surface area contributed by atoms with Crippen molar-refractivity contribution in [2.75, 3.05) is 18.5 Å². The van der Waals surface area contributed by atoms with Crippen molar-refractivity contribution in [2.45, 2.75) is 24.7 Å². The monoisotopic (exact) mass is 530 g/mol. The first-order valence-corrected chi connectivity index (χ1v) is 11.8. The number of halogens is 4. The highest BCUT2D eigenvalue weighted by Gasteiger charge is 2.26. The molecule has 1 aliphatic rings. The second kappa shape index (κ2) is 10.3. The Labute approximate surface area is 214 Å². The molecule has 1 fully saturated rings. The van der Waals surface area contributed by atoms with Crippen molar-refractivity contribution in [3.8, 4) is 11.3 Å². The molecule has 0 amide bonds. The molecule has 0 saturated carbocycles. The highest BCUT2D eigenvalue weighted by Crippen LogP contribution is 2.29. The number of aromatic nitrogens is 5. The molecule has 3 atom stereocenters. The van der Waals surface area contributed by atoms with Gasteiger partial charge in [0.2, 0.25) is 5.95 Å². The summed E-state index contributed by atoms with van der Waals surface area (Å²) >= 11 is 5.86. The van der Waals surface area contributed by atoms with Crippen molar-refractivity contribution in [1.82, 2.24) is 24.3 Å². The number of aryl methyl sites for hydroxylation is 1. The summed E-state index contributed by atoms with van der Waals surface area (Å²) in [6.45, 7) is 0.347. The van der Waals surface area contributed by atoms with Gasteiger partial charge in [-0.15, -0.1) is 0 Å². The van der Waals surface area contributed by atoms with Crippen LogP contribution < -0.4 is 10.9 Å². The molecule has 1 aliphatic heterocycles. The quantitative estimate of drug-likeness (QED) is 0.403. The van der Waals surface area contributed by atoms with E-state index in [1.807, 2.05) is 0 Å². The topological polar surface area (TPSA) is 86.9 Å². The Balaban J connectivity index is 1.51. The molecule has 0 radical (unpaired) electrons. The van der Waals surface area contributed by atoms with E-state index in [2.05, 4.69) is 20.4 Å². The largest absolute Gasteiger partial charge is 0.378 e. The number of rotatable bonds is 6. The molecule has 8 nitrogen and oxygen atoms in total. The van der Waals surface area contributed by atoms with E-state index < -0.39 is 35.4 Å². The molecule has 0 spiro atoms. The average Bonchev–Trinajstić information content (AvgIpc) is 3.30. The number of ether oxygens (including phenoxy) is 1. The van der Waals surface area contributed by atoms with Gasteiger partial charge in [-0.3, -0.25) is 9.48 Å². The molecule has 0 bridgehead atoms. The van der Waals surface area contributed by atoms with E-state index in [-0.39, 0.29) is 28.8 Å². The van der Waals surface area contributed by atoms with E-state index in [0.29, 0.717) is 24.2 Å². The van der Waals surface area contributed by atoms with Crippen LogP contribution in [-0.2, 0) is 11.8 Å². The van der Waals surface area contributed by atoms with Crippen LogP contribution in [0.5, 0.6) is 0 Å². The fourth-order valence-electron chi connectivity index (χ4n) is 4.30. The molecule has 12 heteroatoms. The Hall–Kier alpha value is -3.70. The number of pyridine rings is 1. The summed E-state index contributed by atoms with van der Waals surface area (Å²) < 4.78 is 51.2. The maximum absolute atomic E-state index is 14.7. The molecule has 4 heterocycles. The van der Waals surface area contributed by atoms with E-state index in [0.717, 1.165) is 6.20 Å². The SMILES string of the molecule is Cn1cc(C(c2ccc(Cl)c(F)c2)n2ccc(-c3nc(NC4CCOCC4F)ncc3F)cc2=O)cn1. The van der Waals surface area contributed by atoms with Crippen LogP contribution in [0.2, 0.25) is 5.02 Å². The van der Waals surface area contributed by atoms with Crippen LogP contribution in [0.1, 0.15) is 23.6 Å². The number of benzene rings is 1. The minimum absolute atomic E-state index is 0.0417. The summed E-state index contributed by atoms with van der Waals surface area (Å²) in [6, 6.07) is 5.77. The highest BCUT2D eigenvalue weighted by molar-refractivity contribution is 6.30. The van der Waals surface area contributed by atoms with Gasteiger partial charge < -0.3 is 14.6 Å². The number of nitrogens with zero attached hydrogens (tertiary/aromatic N) is 5. The van der Waals surface area contributed by atoms with Crippen molar-refractivity contribution < 1.29 is 17.9 Å². The third-order valence-electron chi connectivity index (χ3n) is 6.15. The summed E-state index contributed by atoms with van der Waals surface area (Å²) in [4.78, 5) is 21.4. The van der Waals surface area contributed by atoms with Crippen molar-refractivity contribution in [2.24, 2.45) is 7.05 Å². The van der Waals surface area contributed by atoms with E-state index in [1.165, 1.54) is 35.0 Å². The molecule has 1 N–H and O–H groups in total. The minimum atomic E-state index is -1.25. The van der Waals surface area contributed by atoms with Crippen LogP contribution >= 0.6 is 11.6 Å². The molecular formula is C25H22ClF3N6O2. The molecule has 1 aromatic carbocycles. The van der Waals surface area contributed by atoms with Gasteiger partial charge in [0.05, 0.1) is 36.1 Å². The lowest BCUT2D eigenvalue weighted by Gasteiger charge is -2.26. The number of alkyl halides is 1. The lowest BCUT2D eigenvalue weighted by Crippen LogP contribution is -2.39. The lowest BCUT2D eigenvalue weighted by molar-refractivity contribution is 0.0284. The van der Waals surface area contributed by atoms with Crippen LogP contribution in [0, 0.1) is 11.6 Å². The zero-order valence-electron chi connectivity index (χ0n) is 19.6. The zero-order chi connectivity index (χ0) is 26.1. The normalized spacial score (nSPS) is 18.5. The van der Waals surface area contributed by atoms with E-state index >= 15 is 0 Å². The summed E-state index contributed by atoms with van der Waals surface area (Å²) in [7, 11) is 1.73. The molecule has 5 rings (SSSR count). The standard InChI is InChI=1S/C25H22ClF3N6O2/c1-34-12-16(10-31-34)24(15-2-3-17(26)18(27)8-15)35-6-4-14(9-22(35)36)23-19(28)11-30-25(33-23)32-21-5-7-37-13-20(21)29/h2-4,6,8-12,20-21,24H,5,7,13H2,1H3,(H,30,32,33). The first-order chi connectivity index (χ1) is 17.8. The van der Waals surface area contributed by atoms with Crippen LogP contribution in [0.3, 0.4) is 0 Å². The molecular weight excluding hydrogens is 509 g/mol. The van der Waals surface area contributed by atoms with Gasteiger partial charge in [0.1, 0.15) is 17.7 Å². The predicted octanol–water partition coefficient (Wildman–Crippen LogP) is 4.15. The van der Waals surface area contributed by atoms with Gasteiger partial charge in [-0.1, -0.05) is 17.7 Å². The second-order valence-electron chi connectivity index (χ2n) is 8.70. The third-order valence-corrected chi connectivity index (χ3v) is 6.45. The van der Waals surface area contributed by atoms with Gasteiger partial charge in [-0.2, -0.15) is 5.10 Å². The molecule has 1 saturated heterocycles. The van der Waals surface area contributed by atoms with E-state index in [1.54, 1.807) is 30.2 Å².